The number of carboxylic acid groups (broad SMARTS) is 1. The van der Waals surface area contributed by atoms with Gasteiger partial charge in [0, 0.05) is 12.3 Å². The molecule has 0 aliphatic rings. The Morgan fingerprint density at radius 1 is 0.750 bits per heavy atom. The highest BCUT2D eigenvalue weighted by atomic mass is 16.5. The molecule has 288 valence electrons. The highest BCUT2D eigenvalue weighted by Crippen LogP contribution is 2.37. The fourth-order valence-electron chi connectivity index (χ4n) is 4.59. The minimum absolute atomic E-state index is 0. The first-order valence-electron chi connectivity index (χ1n) is 12.8. The third-order valence-electron chi connectivity index (χ3n) is 7.22. The van der Waals surface area contributed by atoms with Crippen molar-refractivity contribution >= 4 is 29.8 Å². The summed E-state index contributed by atoms with van der Waals surface area (Å²) < 4.78 is 14.6. The number of rotatable bonds is 15. The van der Waals surface area contributed by atoms with Crippen molar-refractivity contribution in [3.05, 3.63) is 23.8 Å². The number of carboxylic acids is 1. The van der Waals surface area contributed by atoms with E-state index in [0.29, 0.717) is 5.56 Å². The predicted molar refractivity (Wildman–Crippen MR) is 196 cm³/mol. The molecule has 1 aromatic rings. The third-order valence-corrected chi connectivity index (χ3v) is 7.22. The normalized spacial score (nSPS) is 12.6. The number of carbonyl (C=O) groups excluding carboxylic acids is 4. The lowest BCUT2D eigenvalue weighted by atomic mass is 9.73. The Morgan fingerprint density at radius 2 is 1.25 bits per heavy atom. The molecule has 0 saturated heterocycles. The van der Waals surface area contributed by atoms with Crippen molar-refractivity contribution in [3.63, 3.8) is 0 Å². The van der Waals surface area contributed by atoms with Crippen molar-refractivity contribution in [1.29, 1.82) is 0 Å². The quantitative estimate of drug-likeness (QED) is 0.0802. The molecule has 0 bridgehead atoms. The number of nitrogens with one attached hydrogen (secondary N) is 1. The summed E-state index contributed by atoms with van der Waals surface area (Å²) in [6.45, 7) is 6.41. The first kappa shape index (κ1) is 62.9. The second-order valence-electron chi connectivity index (χ2n) is 10.8. The number of esters is 3. The lowest BCUT2D eigenvalue weighted by molar-refractivity contribution is -0.155. The zero-order valence-electron chi connectivity index (χ0n) is 24.1. The van der Waals surface area contributed by atoms with Gasteiger partial charge in [0.2, 0.25) is 5.91 Å². The largest absolute Gasteiger partial charge is 0.504 e. The molecule has 4 atom stereocenters. The number of aromatic hydroxyl groups is 2. The van der Waals surface area contributed by atoms with Gasteiger partial charge < -0.3 is 34.8 Å². The van der Waals surface area contributed by atoms with Crippen LogP contribution in [0.4, 0.5) is 0 Å². The van der Waals surface area contributed by atoms with Gasteiger partial charge in [-0.25, -0.2) is 4.79 Å². The number of amides is 1. The van der Waals surface area contributed by atoms with Gasteiger partial charge in [0.1, 0.15) is 6.04 Å². The lowest BCUT2D eigenvalue weighted by Crippen LogP contribution is -2.47. The summed E-state index contributed by atoms with van der Waals surface area (Å²) in [5.74, 6) is -6.98. The van der Waals surface area contributed by atoms with E-state index in [0.717, 1.165) is 7.11 Å². The molecule has 0 radical (unpaired) electrons. The number of carbonyl (C=O) groups is 5. The molecular weight excluding hydrogens is 622 g/mol. The number of hydrogen-bond donors (Lipinski definition) is 4. The van der Waals surface area contributed by atoms with Crippen LogP contribution in [0.15, 0.2) is 18.2 Å². The van der Waals surface area contributed by atoms with E-state index in [4.69, 9.17) is 14.2 Å². The standard InChI is InChI=1S/C28H41NO11.8CH4/c1-8-28(4,26(37)40-7)15-17(13-18(23(33)34)14-27(2,3)25(36)39-6)22(32)29-19(24(35)38-5)11-16-9-10-20(30)21(31)12-16;;;;;;;;/h9-10,12,17-19,30-31H,8,11,13-15H2,1-7H3,(H,29,32)(H,33,34);8*1H4. The van der Waals surface area contributed by atoms with Gasteiger partial charge in [-0.3, -0.25) is 19.2 Å². The summed E-state index contributed by atoms with van der Waals surface area (Å²) in [6, 6.07) is 2.68. The van der Waals surface area contributed by atoms with Gasteiger partial charge in [0.05, 0.1) is 38.1 Å². The van der Waals surface area contributed by atoms with E-state index in [2.05, 4.69) is 5.32 Å². The number of aliphatic carboxylic acids is 1. The summed E-state index contributed by atoms with van der Waals surface area (Å²) >= 11 is 0. The molecule has 12 heteroatoms. The number of ether oxygens (including phenoxy) is 3. The smallest absolute Gasteiger partial charge is 0.328 e. The fourth-order valence-corrected chi connectivity index (χ4v) is 4.59. The molecule has 4 unspecified atom stereocenters. The third kappa shape index (κ3) is 17.4. The van der Waals surface area contributed by atoms with Crippen molar-refractivity contribution in [2.24, 2.45) is 22.7 Å². The van der Waals surface area contributed by atoms with Crippen LogP contribution in [0.3, 0.4) is 0 Å². The number of hydrogen-bond acceptors (Lipinski definition) is 10. The summed E-state index contributed by atoms with van der Waals surface area (Å²) in [5, 5.41) is 32.0. The minimum atomic E-state index is -1.24. The molecule has 1 amide bonds. The van der Waals surface area contributed by atoms with Crippen LogP contribution < -0.4 is 5.32 Å². The van der Waals surface area contributed by atoms with Crippen molar-refractivity contribution in [3.8, 4) is 11.5 Å². The fraction of sp³-hybridized carbons (Fsp3) is 0.694. The molecule has 0 aliphatic heterocycles. The zero-order chi connectivity index (χ0) is 30.8. The van der Waals surface area contributed by atoms with Gasteiger partial charge in [-0.1, -0.05) is 72.4 Å². The average Bonchev–Trinajstić information content (AvgIpc) is 2.91. The number of phenolic OH excluding ortho intramolecular Hbond substituents is 2. The number of benzene rings is 1. The van der Waals surface area contributed by atoms with Crippen molar-refractivity contribution < 1.29 is 53.5 Å². The summed E-state index contributed by atoms with van der Waals surface area (Å²) in [7, 11) is 3.54. The predicted octanol–water partition coefficient (Wildman–Crippen LogP) is 7.66. The minimum Gasteiger partial charge on any atom is -0.504 e. The lowest BCUT2D eigenvalue weighted by Gasteiger charge is -2.32. The van der Waals surface area contributed by atoms with Gasteiger partial charge in [-0.2, -0.15) is 0 Å². The second-order valence-corrected chi connectivity index (χ2v) is 10.8. The highest BCUT2D eigenvalue weighted by molar-refractivity contribution is 5.87. The molecule has 0 aliphatic carbocycles. The van der Waals surface area contributed by atoms with Crippen LogP contribution in [0.25, 0.3) is 0 Å². The van der Waals surface area contributed by atoms with Gasteiger partial charge >= 0.3 is 23.9 Å². The Hall–Kier alpha value is -3.83. The maximum Gasteiger partial charge on any atom is 0.328 e. The molecule has 0 aromatic heterocycles. The number of methoxy groups -OCH3 is 3. The van der Waals surface area contributed by atoms with E-state index < -0.39 is 64.2 Å². The topological polar surface area (TPSA) is 186 Å². The van der Waals surface area contributed by atoms with Gasteiger partial charge in [0.15, 0.2) is 11.5 Å². The van der Waals surface area contributed by atoms with Gasteiger partial charge in [-0.05, 0) is 64.2 Å². The average molecular weight is 696 g/mol. The molecule has 1 rings (SSSR count). The Bertz CT molecular complexity index is 1090. The van der Waals surface area contributed by atoms with Crippen LogP contribution in [-0.4, -0.2) is 72.5 Å². The van der Waals surface area contributed by atoms with E-state index in [1.807, 2.05) is 0 Å². The van der Waals surface area contributed by atoms with E-state index >= 15 is 0 Å². The highest BCUT2D eigenvalue weighted by Gasteiger charge is 2.42. The maximum absolute atomic E-state index is 13.7. The Morgan fingerprint density at radius 3 is 1.65 bits per heavy atom. The van der Waals surface area contributed by atoms with Gasteiger partial charge in [0.25, 0.3) is 0 Å². The molecule has 1 aromatic carbocycles. The molecule has 0 fully saturated rings. The van der Waals surface area contributed by atoms with Crippen LogP contribution in [0.5, 0.6) is 11.5 Å². The van der Waals surface area contributed by atoms with Crippen molar-refractivity contribution in [1.82, 2.24) is 5.32 Å². The van der Waals surface area contributed by atoms with E-state index in [1.165, 1.54) is 46.3 Å². The first-order chi connectivity index (χ1) is 18.5. The zero-order valence-corrected chi connectivity index (χ0v) is 24.1. The SMILES string of the molecule is C.C.C.C.C.C.C.C.CCC(C)(CC(CC(CC(C)(C)C(=O)OC)C(=O)O)C(=O)NC(Cc1ccc(O)c(O)c1)C(=O)OC)C(=O)OC. The summed E-state index contributed by atoms with van der Waals surface area (Å²) in [5.41, 5.74) is -1.93. The van der Waals surface area contributed by atoms with Crippen LogP contribution in [-0.2, 0) is 44.6 Å². The molecule has 48 heavy (non-hydrogen) atoms. The van der Waals surface area contributed by atoms with Crippen molar-refractivity contribution in [2.75, 3.05) is 21.3 Å². The second kappa shape index (κ2) is 27.2. The van der Waals surface area contributed by atoms with Crippen LogP contribution in [0.1, 0.15) is 118 Å². The Kier molecular flexibility index (Phi) is 35.6. The Labute approximate surface area is 293 Å². The van der Waals surface area contributed by atoms with Gasteiger partial charge in [-0.15, -0.1) is 0 Å². The molecular formula is C36H73NO11. The molecule has 12 nitrogen and oxygen atoms in total. The molecule has 4 N–H and O–H groups in total. The maximum atomic E-state index is 13.7. The monoisotopic (exact) mass is 696 g/mol. The van der Waals surface area contributed by atoms with Crippen LogP contribution in [0.2, 0.25) is 0 Å². The summed E-state index contributed by atoms with van der Waals surface area (Å²) in [6.07, 6.45) is -0.325. The first-order valence-corrected chi connectivity index (χ1v) is 12.8. The molecule has 0 heterocycles. The Balaban J connectivity index is -0.000000333. The number of phenols is 2. The molecule has 0 spiro atoms. The van der Waals surface area contributed by atoms with Crippen molar-refractivity contribution in [2.45, 2.75) is 125 Å². The van der Waals surface area contributed by atoms with E-state index in [-0.39, 0.29) is 97.3 Å². The van der Waals surface area contributed by atoms with Crippen LogP contribution >= 0.6 is 0 Å². The molecule has 0 saturated carbocycles. The van der Waals surface area contributed by atoms with E-state index in [9.17, 15) is 39.3 Å². The summed E-state index contributed by atoms with van der Waals surface area (Å²) in [4.78, 5) is 63.4. The van der Waals surface area contributed by atoms with E-state index in [1.54, 1.807) is 13.8 Å². The van der Waals surface area contributed by atoms with Crippen LogP contribution in [0, 0.1) is 22.7 Å².